The quantitative estimate of drug-likeness (QED) is 0.316. The van der Waals surface area contributed by atoms with E-state index in [4.69, 9.17) is 35.7 Å². The first-order valence-corrected chi connectivity index (χ1v) is 6.46. The Labute approximate surface area is 128 Å². The standard InChI is InChI=1S/C8H8O2.2C3H8O3/c9-8(10)6-7-4-2-1-3-5-7;2*4-1-3(6)2-5/h1-5H,6H2,(H,9,10);2*3-6H,1-2H2. The molecular formula is C14H24O8. The Balaban J connectivity index is 0. The Morgan fingerprint density at radius 2 is 1.18 bits per heavy atom. The van der Waals surface area contributed by atoms with Crippen LogP contribution in [-0.2, 0) is 11.2 Å². The molecule has 0 unspecified atom stereocenters. The minimum atomic E-state index is -0.954. The molecule has 0 amide bonds. The van der Waals surface area contributed by atoms with Gasteiger partial charge in [-0.3, -0.25) is 4.79 Å². The molecule has 0 aliphatic heterocycles. The molecule has 0 aliphatic carbocycles. The van der Waals surface area contributed by atoms with Gasteiger partial charge < -0.3 is 35.7 Å². The highest BCUT2D eigenvalue weighted by Gasteiger charge is 1.96. The van der Waals surface area contributed by atoms with Gasteiger partial charge in [0.1, 0.15) is 12.2 Å². The number of aliphatic carboxylic acids is 1. The molecule has 0 aliphatic rings. The lowest BCUT2D eigenvalue weighted by Gasteiger charge is -1.96. The van der Waals surface area contributed by atoms with Gasteiger partial charge >= 0.3 is 5.97 Å². The third-order valence-electron chi connectivity index (χ3n) is 2.04. The van der Waals surface area contributed by atoms with Gasteiger partial charge in [-0.25, -0.2) is 0 Å². The second-order valence-corrected chi connectivity index (χ2v) is 4.09. The van der Waals surface area contributed by atoms with Crippen molar-refractivity contribution in [2.75, 3.05) is 26.4 Å². The number of carboxylic acids is 1. The number of carbonyl (C=O) groups is 1. The summed E-state index contributed by atoms with van der Waals surface area (Å²) in [5.74, 6) is -0.786. The van der Waals surface area contributed by atoms with Crippen molar-refractivity contribution in [3.8, 4) is 0 Å². The van der Waals surface area contributed by atoms with Gasteiger partial charge in [-0.1, -0.05) is 30.3 Å². The zero-order chi connectivity index (χ0) is 17.4. The van der Waals surface area contributed by atoms with Crippen LogP contribution in [0.4, 0.5) is 0 Å². The predicted octanol–water partition coefficient (Wildman–Crippen LogP) is -2.02. The summed E-state index contributed by atoms with van der Waals surface area (Å²) in [6.45, 7) is -1.46. The van der Waals surface area contributed by atoms with Crippen molar-refractivity contribution in [2.24, 2.45) is 0 Å². The molecule has 0 aromatic heterocycles. The largest absolute Gasteiger partial charge is 0.481 e. The summed E-state index contributed by atoms with van der Waals surface area (Å²) < 4.78 is 0. The average Bonchev–Trinajstić information content (AvgIpc) is 2.54. The summed E-state index contributed by atoms with van der Waals surface area (Å²) in [7, 11) is 0. The Morgan fingerprint density at radius 3 is 1.41 bits per heavy atom. The smallest absolute Gasteiger partial charge is 0.307 e. The number of carboxylic acid groups (broad SMARTS) is 1. The summed E-state index contributed by atoms with van der Waals surface area (Å²) in [4.78, 5) is 10.2. The normalized spacial score (nSPS) is 9.64. The van der Waals surface area contributed by atoms with Crippen LogP contribution >= 0.6 is 0 Å². The summed E-state index contributed by atoms with van der Waals surface area (Å²) in [5, 5.41) is 56.4. The molecule has 0 saturated heterocycles. The summed E-state index contributed by atoms with van der Waals surface area (Å²) in [5.41, 5.74) is 0.843. The number of aliphatic hydroxyl groups is 6. The number of benzene rings is 1. The van der Waals surface area contributed by atoms with Crippen LogP contribution in [0.3, 0.4) is 0 Å². The van der Waals surface area contributed by atoms with Gasteiger partial charge in [-0.05, 0) is 5.56 Å². The molecule has 22 heavy (non-hydrogen) atoms. The second kappa shape index (κ2) is 15.8. The van der Waals surface area contributed by atoms with Crippen molar-refractivity contribution >= 4 is 5.97 Å². The molecule has 0 bridgehead atoms. The number of hydrogen-bond acceptors (Lipinski definition) is 7. The first-order chi connectivity index (χ1) is 10.4. The molecule has 0 fully saturated rings. The highest BCUT2D eigenvalue weighted by molar-refractivity contribution is 5.70. The van der Waals surface area contributed by atoms with Crippen molar-refractivity contribution in [3.05, 3.63) is 35.9 Å². The fourth-order valence-electron chi connectivity index (χ4n) is 0.886. The van der Waals surface area contributed by atoms with E-state index in [0.717, 1.165) is 5.56 Å². The van der Waals surface area contributed by atoms with Crippen molar-refractivity contribution in [2.45, 2.75) is 18.6 Å². The van der Waals surface area contributed by atoms with E-state index in [2.05, 4.69) is 0 Å². The average molecular weight is 320 g/mol. The molecule has 0 radical (unpaired) electrons. The van der Waals surface area contributed by atoms with Crippen LogP contribution in [0.5, 0.6) is 0 Å². The molecule has 8 nitrogen and oxygen atoms in total. The molecule has 0 heterocycles. The number of aliphatic hydroxyl groups excluding tert-OH is 6. The van der Waals surface area contributed by atoms with Gasteiger partial charge in [0.2, 0.25) is 0 Å². The van der Waals surface area contributed by atoms with Crippen molar-refractivity contribution < 1.29 is 40.5 Å². The molecule has 8 heteroatoms. The van der Waals surface area contributed by atoms with Gasteiger partial charge in [0.25, 0.3) is 0 Å². The summed E-state index contributed by atoms with van der Waals surface area (Å²) in [6.07, 6.45) is -1.80. The molecule has 0 spiro atoms. The van der Waals surface area contributed by atoms with Crippen LogP contribution in [-0.4, -0.2) is 80.4 Å². The molecule has 128 valence electrons. The maximum atomic E-state index is 10.2. The SMILES string of the molecule is O=C(O)Cc1ccccc1.OCC(O)CO.OCC(O)CO. The molecule has 7 N–H and O–H groups in total. The molecule has 1 rings (SSSR count). The molecule has 1 aromatic rings. The minimum Gasteiger partial charge on any atom is -0.481 e. The fourth-order valence-corrected chi connectivity index (χ4v) is 0.886. The Kier molecular flexibility index (Phi) is 16.4. The van der Waals surface area contributed by atoms with Crippen LogP contribution < -0.4 is 0 Å². The zero-order valence-corrected chi connectivity index (χ0v) is 12.1. The highest BCUT2D eigenvalue weighted by Crippen LogP contribution is 1.98. The zero-order valence-electron chi connectivity index (χ0n) is 12.1. The van der Waals surface area contributed by atoms with Crippen molar-refractivity contribution in [1.82, 2.24) is 0 Å². The summed E-state index contributed by atoms with van der Waals surface area (Å²) >= 11 is 0. The van der Waals surface area contributed by atoms with E-state index in [1.54, 1.807) is 12.1 Å². The number of hydrogen-bond donors (Lipinski definition) is 7. The molecule has 0 saturated carbocycles. The monoisotopic (exact) mass is 320 g/mol. The van der Waals surface area contributed by atoms with Gasteiger partial charge in [-0.2, -0.15) is 0 Å². The minimum absolute atomic E-state index is 0.112. The van der Waals surface area contributed by atoms with Crippen LogP contribution in [0, 0.1) is 0 Å². The first-order valence-electron chi connectivity index (χ1n) is 6.46. The van der Waals surface area contributed by atoms with E-state index in [9.17, 15) is 4.79 Å². The van der Waals surface area contributed by atoms with E-state index >= 15 is 0 Å². The van der Waals surface area contributed by atoms with Gasteiger partial charge in [0.05, 0.1) is 32.8 Å². The van der Waals surface area contributed by atoms with E-state index in [-0.39, 0.29) is 32.8 Å². The lowest BCUT2D eigenvalue weighted by atomic mass is 10.2. The van der Waals surface area contributed by atoms with Crippen LogP contribution in [0.1, 0.15) is 5.56 Å². The van der Waals surface area contributed by atoms with Crippen LogP contribution in [0.15, 0.2) is 30.3 Å². The topological polar surface area (TPSA) is 159 Å². The Hall–Kier alpha value is -1.55. The summed E-state index contributed by atoms with van der Waals surface area (Å²) in [6, 6.07) is 9.13. The van der Waals surface area contributed by atoms with Gasteiger partial charge in [-0.15, -0.1) is 0 Å². The van der Waals surface area contributed by atoms with Gasteiger partial charge in [0, 0.05) is 0 Å². The van der Waals surface area contributed by atoms with E-state index < -0.39 is 18.2 Å². The van der Waals surface area contributed by atoms with Crippen molar-refractivity contribution in [1.29, 1.82) is 0 Å². The Bertz CT molecular complexity index is 339. The number of rotatable bonds is 6. The van der Waals surface area contributed by atoms with Gasteiger partial charge in [0.15, 0.2) is 0 Å². The third kappa shape index (κ3) is 16.5. The molecular weight excluding hydrogens is 296 g/mol. The Morgan fingerprint density at radius 1 is 0.818 bits per heavy atom. The second-order valence-electron chi connectivity index (χ2n) is 4.09. The molecule has 0 atom stereocenters. The van der Waals surface area contributed by atoms with Crippen LogP contribution in [0.2, 0.25) is 0 Å². The maximum absolute atomic E-state index is 10.2. The maximum Gasteiger partial charge on any atom is 0.307 e. The first kappa shape index (κ1) is 22.7. The molecule has 1 aromatic carbocycles. The lowest BCUT2D eigenvalue weighted by molar-refractivity contribution is -0.136. The van der Waals surface area contributed by atoms with E-state index in [1.807, 2.05) is 18.2 Å². The van der Waals surface area contributed by atoms with E-state index in [1.165, 1.54) is 0 Å². The predicted molar refractivity (Wildman–Crippen MR) is 78.1 cm³/mol. The van der Waals surface area contributed by atoms with Crippen molar-refractivity contribution in [3.63, 3.8) is 0 Å². The fraction of sp³-hybridized carbons (Fsp3) is 0.500. The third-order valence-corrected chi connectivity index (χ3v) is 2.04. The highest BCUT2D eigenvalue weighted by atomic mass is 16.4. The van der Waals surface area contributed by atoms with Crippen LogP contribution in [0.25, 0.3) is 0 Å². The lowest BCUT2D eigenvalue weighted by Crippen LogP contribution is -2.15. The van der Waals surface area contributed by atoms with E-state index in [0.29, 0.717) is 0 Å².